The zero-order chi connectivity index (χ0) is 13.9. The molecule has 3 aromatic rings. The number of benzene rings is 1. The van der Waals surface area contributed by atoms with Crippen LogP contribution in [0.3, 0.4) is 0 Å². The molecule has 0 unspecified atom stereocenters. The first-order chi connectivity index (χ1) is 9.85. The summed E-state index contributed by atoms with van der Waals surface area (Å²) < 4.78 is 2.07. The molecule has 0 spiro atoms. The van der Waals surface area contributed by atoms with E-state index in [0.717, 1.165) is 41.2 Å². The van der Waals surface area contributed by atoms with Crippen molar-refractivity contribution >= 4 is 16.6 Å². The van der Waals surface area contributed by atoms with Crippen LogP contribution in [-0.4, -0.2) is 26.3 Å². The SMILES string of the molecule is CCNc1nnc(-c2nccn2CC)c2ccccc12. The average Bonchev–Trinajstić information content (AvgIpc) is 2.96. The molecular weight excluding hydrogens is 250 g/mol. The van der Waals surface area contributed by atoms with Crippen LogP contribution in [0.4, 0.5) is 5.82 Å². The summed E-state index contributed by atoms with van der Waals surface area (Å²) in [7, 11) is 0. The minimum absolute atomic E-state index is 0.821. The van der Waals surface area contributed by atoms with Crippen LogP contribution in [0.25, 0.3) is 22.3 Å². The van der Waals surface area contributed by atoms with Crippen molar-refractivity contribution in [1.82, 2.24) is 19.7 Å². The summed E-state index contributed by atoms with van der Waals surface area (Å²) in [5, 5.41) is 14.1. The third kappa shape index (κ3) is 2.01. The molecule has 0 amide bonds. The first-order valence-electron chi connectivity index (χ1n) is 6.86. The highest BCUT2D eigenvalue weighted by Crippen LogP contribution is 2.28. The molecule has 2 heterocycles. The monoisotopic (exact) mass is 267 g/mol. The van der Waals surface area contributed by atoms with Crippen molar-refractivity contribution in [2.45, 2.75) is 20.4 Å². The number of nitrogens with zero attached hydrogens (tertiary/aromatic N) is 4. The Morgan fingerprint density at radius 3 is 2.65 bits per heavy atom. The van der Waals surface area contributed by atoms with Crippen molar-refractivity contribution in [1.29, 1.82) is 0 Å². The van der Waals surface area contributed by atoms with Crippen molar-refractivity contribution in [2.24, 2.45) is 0 Å². The number of hydrogen-bond acceptors (Lipinski definition) is 4. The molecule has 0 bridgehead atoms. The lowest BCUT2D eigenvalue weighted by molar-refractivity contribution is 0.766. The number of imidazole rings is 1. The van der Waals surface area contributed by atoms with Gasteiger partial charge in [0, 0.05) is 36.3 Å². The molecule has 1 aromatic carbocycles. The number of aromatic nitrogens is 4. The number of hydrogen-bond donors (Lipinski definition) is 1. The highest BCUT2D eigenvalue weighted by atomic mass is 15.2. The van der Waals surface area contributed by atoms with Crippen LogP contribution < -0.4 is 5.32 Å². The first-order valence-corrected chi connectivity index (χ1v) is 6.86. The third-order valence-corrected chi connectivity index (χ3v) is 3.30. The second-order valence-corrected chi connectivity index (χ2v) is 4.51. The molecule has 2 aromatic heterocycles. The highest BCUT2D eigenvalue weighted by molar-refractivity contribution is 5.99. The van der Waals surface area contributed by atoms with Crippen LogP contribution in [0.15, 0.2) is 36.7 Å². The fourth-order valence-electron chi connectivity index (χ4n) is 2.35. The molecule has 3 rings (SSSR count). The van der Waals surface area contributed by atoms with Gasteiger partial charge in [-0.1, -0.05) is 24.3 Å². The van der Waals surface area contributed by atoms with Crippen molar-refractivity contribution < 1.29 is 0 Å². The molecule has 0 aliphatic rings. The Morgan fingerprint density at radius 1 is 1.10 bits per heavy atom. The lowest BCUT2D eigenvalue weighted by atomic mass is 10.1. The molecular formula is C15H17N5. The Hall–Kier alpha value is -2.43. The van der Waals surface area contributed by atoms with Gasteiger partial charge in [-0.15, -0.1) is 10.2 Å². The molecule has 0 radical (unpaired) electrons. The molecule has 0 aliphatic carbocycles. The van der Waals surface area contributed by atoms with E-state index in [-0.39, 0.29) is 0 Å². The van der Waals surface area contributed by atoms with E-state index in [4.69, 9.17) is 0 Å². The Labute approximate surface area is 117 Å². The molecule has 5 heteroatoms. The summed E-state index contributed by atoms with van der Waals surface area (Å²) in [6, 6.07) is 8.16. The number of anilines is 1. The van der Waals surface area contributed by atoms with E-state index >= 15 is 0 Å². The maximum atomic E-state index is 4.42. The zero-order valence-electron chi connectivity index (χ0n) is 11.7. The van der Waals surface area contributed by atoms with E-state index in [9.17, 15) is 0 Å². The minimum Gasteiger partial charge on any atom is -0.368 e. The van der Waals surface area contributed by atoms with E-state index in [1.165, 1.54) is 0 Å². The molecule has 0 fully saturated rings. The van der Waals surface area contributed by atoms with Gasteiger partial charge in [-0.25, -0.2) is 4.98 Å². The van der Waals surface area contributed by atoms with E-state index in [1.54, 1.807) is 6.20 Å². The van der Waals surface area contributed by atoms with Gasteiger partial charge < -0.3 is 9.88 Å². The molecule has 0 atom stereocenters. The molecule has 20 heavy (non-hydrogen) atoms. The summed E-state index contributed by atoms with van der Waals surface area (Å²) in [6.07, 6.45) is 3.76. The fourth-order valence-corrected chi connectivity index (χ4v) is 2.35. The van der Waals surface area contributed by atoms with Crippen LogP contribution in [0, 0.1) is 0 Å². The van der Waals surface area contributed by atoms with Crippen molar-refractivity contribution in [3.8, 4) is 11.5 Å². The van der Waals surface area contributed by atoms with Gasteiger partial charge in [0.1, 0.15) is 5.69 Å². The van der Waals surface area contributed by atoms with Crippen LogP contribution in [0.5, 0.6) is 0 Å². The van der Waals surface area contributed by atoms with Crippen molar-refractivity contribution in [2.75, 3.05) is 11.9 Å². The average molecular weight is 267 g/mol. The Bertz CT molecular complexity index is 732. The van der Waals surface area contributed by atoms with Crippen molar-refractivity contribution in [3.05, 3.63) is 36.7 Å². The van der Waals surface area contributed by atoms with Gasteiger partial charge in [0.2, 0.25) is 0 Å². The third-order valence-electron chi connectivity index (χ3n) is 3.30. The van der Waals surface area contributed by atoms with Gasteiger partial charge in [-0.2, -0.15) is 0 Å². The predicted octanol–water partition coefficient (Wildman–Crippen LogP) is 2.95. The second kappa shape index (κ2) is 5.28. The van der Waals surface area contributed by atoms with Gasteiger partial charge in [-0.05, 0) is 13.8 Å². The lowest BCUT2D eigenvalue weighted by Crippen LogP contribution is -2.05. The maximum Gasteiger partial charge on any atom is 0.161 e. The first kappa shape index (κ1) is 12.6. The summed E-state index contributed by atoms with van der Waals surface area (Å²) in [4.78, 5) is 4.42. The van der Waals surface area contributed by atoms with Crippen LogP contribution in [0.2, 0.25) is 0 Å². The van der Waals surface area contributed by atoms with Crippen LogP contribution in [-0.2, 0) is 6.54 Å². The predicted molar refractivity (Wildman–Crippen MR) is 80.6 cm³/mol. The molecule has 0 aliphatic heterocycles. The van der Waals surface area contributed by atoms with Gasteiger partial charge in [0.05, 0.1) is 0 Å². The van der Waals surface area contributed by atoms with Gasteiger partial charge in [0.25, 0.3) is 0 Å². The standard InChI is InChI=1S/C15H17N5/c1-3-16-14-12-8-6-5-7-11(12)13(18-19-14)15-17-9-10-20(15)4-2/h5-10H,3-4H2,1-2H3,(H,16,19). The number of aryl methyl sites for hydroxylation is 1. The number of fused-ring (bicyclic) bond motifs is 1. The number of rotatable bonds is 4. The Balaban J connectivity index is 2.25. The van der Waals surface area contributed by atoms with E-state index < -0.39 is 0 Å². The topological polar surface area (TPSA) is 55.6 Å². The van der Waals surface area contributed by atoms with Crippen LogP contribution in [0.1, 0.15) is 13.8 Å². The van der Waals surface area contributed by atoms with E-state index in [1.807, 2.05) is 25.3 Å². The summed E-state index contributed by atoms with van der Waals surface area (Å²) in [6.45, 7) is 5.82. The van der Waals surface area contributed by atoms with Gasteiger partial charge in [0.15, 0.2) is 11.6 Å². The Kier molecular flexibility index (Phi) is 3.33. The van der Waals surface area contributed by atoms with E-state index in [2.05, 4.69) is 44.1 Å². The molecule has 0 saturated carbocycles. The number of nitrogens with one attached hydrogen (secondary N) is 1. The molecule has 1 N–H and O–H groups in total. The smallest absolute Gasteiger partial charge is 0.161 e. The van der Waals surface area contributed by atoms with E-state index in [0.29, 0.717) is 0 Å². The van der Waals surface area contributed by atoms with Crippen molar-refractivity contribution in [3.63, 3.8) is 0 Å². The quantitative estimate of drug-likeness (QED) is 0.789. The molecule has 102 valence electrons. The summed E-state index contributed by atoms with van der Waals surface area (Å²) >= 11 is 0. The van der Waals surface area contributed by atoms with Crippen LogP contribution >= 0.6 is 0 Å². The lowest BCUT2D eigenvalue weighted by Gasteiger charge is -2.10. The highest BCUT2D eigenvalue weighted by Gasteiger charge is 2.13. The second-order valence-electron chi connectivity index (χ2n) is 4.51. The Morgan fingerprint density at radius 2 is 1.90 bits per heavy atom. The summed E-state index contributed by atoms with van der Waals surface area (Å²) in [5.41, 5.74) is 0.828. The normalized spacial score (nSPS) is 10.9. The zero-order valence-corrected chi connectivity index (χ0v) is 11.7. The van der Waals surface area contributed by atoms with Gasteiger partial charge >= 0.3 is 0 Å². The molecule has 0 saturated heterocycles. The maximum absolute atomic E-state index is 4.42. The molecule has 5 nitrogen and oxygen atoms in total. The largest absolute Gasteiger partial charge is 0.368 e. The van der Waals surface area contributed by atoms with Gasteiger partial charge in [-0.3, -0.25) is 0 Å². The minimum atomic E-state index is 0.821. The summed E-state index contributed by atoms with van der Waals surface area (Å²) in [5.74, 6) is 1.68. The fraction of sp³-hybridized carbons (Fsp3) is 0.267.